The molecule has 0 saturated heterocycles. The Labute approximate surface area is 202 Å². The van der Waals surface area contributed by atoms with E-state index in [9.17, 15) is 10.1 Å². The molecule has 6 nitrogen and oxygen atoms in total. The molecule has 0 saturated carbocycles. The lowest BCUT2D eigenvalue weighted by atomic mass is 9.83. The first kappa shape index (κ1) is 23.0. The topological polar surface area (TPSA) is 94.6 Å². The number of carbonyl (C=O) groups is 1. The number of esters is 1. The molecule has 0 bridgehead atoms. The van der Waals surface area contributed by atoms with Crippen LogP contribution < -0.4 is 19.9 Å². The molecule has 3 aromatic rings. The van der Waals surface area contributed by atoms with Crippen molar-refractivity contribution < 1.29 is 19.0 Å². The Morgan fingerprint density at radius 1 is 1.15 bits per heavy atom. The zero-order valence-electron chi connectivity index (χ0n) is 18.3. The third-order valence-corrected chi connectivity index (χ3v) is 5.59. The van der Waals surface area contributed by atoms with Gasteiger partial charge in [0.15, 0.2) is 0 Å². The molecule has 3 aromatic carbocycles. The van der Waals surface area contributed by atoms with Gasteiger partial charge in [0.2, 0.25) is 5.88 Å². The molecule has 1 aliphatic heterocycles. The second-order valence-electron chi connectivity index (χ2n) is 7.37. The van der Waals surface area contributed by atoms with Gasteiger partial charge in [-0.15, -0.1) is 0 Å². The number of carbonyl (C=O) groups excluding carboxylic acids is 1. The van der Waals surface area contributed by atoms with Gasteiger partial charge in [-0.3, -0.25) is 0 Å². The van der Waals surface area contributed by atoms with E-state index in [2.05, 4.69) is 6.07 Å². The minimum Gasteiger partial charge on any atom is -0.494 e. The molecule has 1 heterocycles. The van der Waals surface area contributed by atoms with Crippen molar-refractivity contribution in [3.8, 4) is 23.3 Å². The Morgan fingerprint density at radius 2 is 1.91 bits per heavy atom. The van der Waals surface area contributed by atoms with Gasteiger partial charge in [0.05, 0.1) is 12.5 Å². The highest BCUT2D eigenvalue weighted by molar-refractivity contribution is 6.32. The predicted molar refractivity (Wildman–Crippen MR) is 129 cm³/mol. The van der Waals surface area contributed by atoms with Gasteiger partial charge in [-0.05, 0) is 36.8 Å². The number of halogens is 1. The lowest BCUT2D eigenvalue weighted by Gasteiger charge is -2.27. The first-order valence-corrected chi connectivity index (χ1v) is 11.0. The number of benzene rings is 3. The summed E-state index contributed by atoms with van der Waals surface area (Å²) in [6, 6.07) is 21.8. The third-order valence-electron chi connectivity index (χ3n) is 5.24. The van der Waals surface area contributed by atoms with Gasteiger partial charge in [-0.25, -0.2) is 4.79 Å². The summed E-state index contributed by atoms with van der Waals surface area (Å²) in [5, 5.41) is 10.3. The van der Waals surface area contributed by atoms with Crippen molar-refractivity contribution in [3.05, 3.63) is 106 Å². The minimum atomic E-state index is -0.574. The van der Waals surface area contributed by atoms with E-state index in [0.29, 0.717) is 34.3 Å². The molecule has 7 heteroatoms. The fraction of sp³-hybridized carbons (Fsp3) is 0.111. The molecule has 1 atom stereocenters. The van der Waals surface area contributed by atoms with Crippen LogP contribution in [0.3, 0.4) is 0 Å². The van der Waals surface area contributed by atoms with E-state index in [4.69, 9.17) is 31.5 Å². The molecule has 4 rings (SSSR count). The second kappa shape index (κ2) is 10.2. The molecule has 0 radical (unpaired) electrons. The molecule has 0 spiro atoms. The molecule has 34 heavy (non-hydrogen) atoms. The van der Waals surface area contributed by atoms with Gasteiger partial charge in [0, 0.05) is 28.3 Å². The summed E-state index contributed by atoms with van der Waals surface area (Å²) in [6.07, 6.45) is 2.88. The molecule has 170 valence electrons. The molecular formula is C27H21ClN2O4. The molecule has 1 aliphatic rings. The minimum absolute atomic E-state index is 0.00612. The second-order valence-corrected chi connectivity index (χ2v) is 7.78. The van der Waals surface area contributed by atoms with Gasteiger partial charge < -0.3 is 19.9 Å². The molecule has 0 amide bonds. The lowest BCUT2D eigenvalue weighted by molar-refractivity contribution is -0.128. The predicted octanol–water partition coefficient (Wildman–Crippen LogP) is 5.58. The summed E-state index contributed by atoms with van der Waals surface area (Å²) in [5.41, 5.74) is 8.59. The van der Waals surface area contributed by atoms with Crippen LogP contribution in [-0.4, -0.2) is 12.6 Å². The molecule has 0 fully saturated rings. The number of para-hydroxylation sites is 1. The number of allylic oxidation sites excluding steroid dienone is 1. The van der Waals surface area contributed by atoms with Crippen molar-refractivity contribution in [1.82, 2.24) is 0 Å². The third kappa shape index (κ3) is 4.75. The Bertz CT molecular complexity index is 1340. The zero-order valence-corrected chi connectivity index (χ0v) is 19.1. The lowest BCUT2D eigenvalue weighted by Crippen LogP contribution is -2.21. The van der Waals surface area contributed by atoms with Crippen molar-refractivity contribution >= 4 is 23.6 Å². The Balaban J connectivity index is 1.64. The van der Waals surface area contributed by atoms with Crippen LogP contribution in [0.2, 0.25) is 5.02 Å². The van der Waals surface area contributed by atoms with Crippen molar-refractivity contribution in [1.29, 1.82) is 5.26 Å². The van der Waals surface area contributed by atoms with Crippen LogP contribution in [0, 0.1) is 11.3 Å². The molecule has 2 N–H and O–H groups in total. The molecule has 0 aliphatic carbocycles. The van der Waals surface area contributed by atoms with Crippen molar-refractivity contribution in [2.75, 3.05) is 6.61 Å². The van der Waals surface area contributed by atoms with Crippen molar-refractivity contribution in [2.45, 2.75) is 12.8 Å². The van der Waals surface area contributed by atoms with Crippen molar-refractivity contribution in [3.63, 3.8) is 0 Å². The number of nitrogens with zero attached hydrogens (tertiary/aromatic N) is 1. The average molecular weight is 473 g/mol. The van der Waals surface area contributed by atoms with Crippen molar-refractivity contribution in [2.24, 2.45) is 5.73 Å². The average Bonchev–Trinajstić information content (AvgIpc) is 2.83. The van der Waals surface area contributed by atoms with E-state index in [1.807, 2.05) is 43.3 Å². The highest BCUT2D eigenvalue weighted by Crippen LogP contribution is 2.45. The highest BCUT2D eigenvalue weighted by atomic mass is 35.5. The van der Waals surface area contributed by atoms with Gasteiger partial charge >= 0.3 is 5.97 Å². The summed E-state index contributed by atoms with van der Waals surface area (Å²) < 4.78 is 16.9. The van der Waals surface area contributed by atoms with Crippen LogP contribution >= 0.6 is 11.6 Å². The number of rotatable bonds is 6. The Morgan fingerprint density at radius 3 is 2.68 bits per heavy atom. The number of nitrogens with two attached hydrogens (primary N) is 1. The zero-order chi connectivity index (χ0) is 24.1. The largest absolute Gasteiger partial charge is 0.494 e. The number of hydrogen-bond donors (Lipinski definition) is 1. The van der Waals surface area contributed by atoms with E-state index >= 15 is 0 Å². The van der Waals surface area contributed by atoms with Gasteiger partial charge in [0.1, 0.15) is 28.9 Å². The maximum absolute atomic E-state index is 12.3. The van der Waals surface area contributed by atoms with Crippen LogP contribution in [-0.2, 0) is 4.79 Å². The fourth-order valence-corrected chi connectivity index (χ4v) is 3.94. The van der Waals surface area contributed by atoms with E-state index < -0.39 is 11.9 Å². The quantitative estimate of drug-likeness (QED) is 0.286. The molecular weight excluding hydrogens is 452 g/mol. The van der Waals surface area contributed by atoms with Gasteiger partial charge in [0.25, 0.3) is 0 Å². The Kier molecular flexibility index (Phi) is 6.86. The first-order chi connectivity index (χ1) is 16.5. The molecule has 1 unspecified atom stereocenters. The van der Waals surface area contributed by atoms with Gasteiger partial charge in [-0.1, -0.05) is 54.1 Å². The summed E-state index contributed by atoms with van der Waals surface area (Å²) in [6.45, 7) is 2.37. The standard InChI is InChI=1S/C27H21ClN2O4/c1-2-32-23-10-6-4-8-19(23)26-20-13-12-18(15-24(20)34-27(30)21(26)16-29)33-25(31)14-11-17-7-3-5-9-22(17)28/h3-15,26H,2,30H2,1H3/b14-11+. The first-order valence-electron chi connectivity index (χ1n) is 10.6. The maximum Gasteiger partial charge on any atom is 0.336 e. The van der Waals surface area contributed by atoms with Crippen LogP contribution in [0.4, 0.5) is 0 Å². The van der Waals surface area contributed by atoms with E-state index in [0.717, 1.165) is 5.56 Å². The van der Waals surface area contributed by atoms with Gasteiger partial charge in [-0.2, -0.15) is 5.26 Å². The van der Waals surface area contributed by atoms with E-state index in [1.54, 1.807) is 36.4 Å². The van der Waals surface area contributed by atoms with Crippen LogP contribution in [0.25, 0.3) is 6.08 Å². The maximum atomic E-state index is 12.3. The highest BCUT2D eigenvalue weighted by Gasteiger charge is 2.32. The monoisotopic (exact) mass is 472 g/mol. The number of fused-ring (bicyclic) bond motifs is 1. The van der Waals surface area contributed by atoms with E-state index in [-0.39, 0.29) is 17.2 Å². The van der Waals surface area contributed by atoms with Crippen LogP contribution in [0.5, 0.6) is 17.2 Å². The number of hydrogen-bond acceptors (Lipinski definition) is 6. The molecule has 0 aromatic heterocycles. The number of nitriles is 1. The number of ether oxygens (including phenoxy) is 3. The van der Waals surface area contributed by atoms with Crippen LogP contribution in [0.1, 0.15) is 29.5 Å². The SMILES string of the molecule is CCOc1ccccc1C1C(C#N)=C(N)Oc2cc(OC(=O)/C=C/c3ccccc3Cl)ccc21. The Hall–Kier alpha value is -4.21. The summed E-state index contributed by atoms with van der Waals surface area (Å²) >= 11 is 6.11. The van der Waals surface area contributed by atoms with Crippen LogP contribution in [0.15, 0.2) is 84.3 Å². The fourth-order valence-electron chi connectivity index (χ4n) is 3.74. The summed E-state index contributed by atoms with van der Waals surface area (Å²) in [7, 11) is 0. The van der Waals surface area contributed by atoms with E-state index in [1.165, 1.54) is 6.08 Å². The smallest absolute Gasteiger partial charge is 0.336 e. The summed E-state index contributed by atoms with van der Waals surface area (Å²) in [5.74, 6) is 0.263. The normalized spacial score (nSPS) is 14.8. The summed E-state index contributed by atoms with van der Waals surface area (Å²) in [4.78, 5) is 12.3.